The molecule has 1 amide bonds. The number of hydrogen-bond acceptors (Lipinski definition) is 3. The van der Waals surface area contributed by atoms with Gasteiger partial charge in [-0.2, -0.15) is 5.10 Å². The number of rotatable bonds is 9. The van der Waals surface area contributed by atoms with Crippen molar-refractivity contribution in [3.63, 3.8) is 0 Å². The van der Waals surface area contributed by atoms with Crippen molar-refractivity contribution in [3.05, 3.63) is 47.5 Å². The van der Waals surface area contributed by atoms with E-state index in [1.54, 1.807) is 4.68 Å². The fourth-order valence-electron chi connectivity index (χ4n) is 3.04. The molecule has 1 N–H and O–H groups in total. The van der Waals surface area contributed by atoms with Gasteiger partial charge < -0.3 is 10.1 Å². The molecule has 3 rings (SSSR count). The molecule has 0 fully saturated rings. The van der Waals surface area contributed by atoms with Gasteiger partial charge in [-0.05, 0) is 30.2 Å². The summed E-state index contributed by atoms with van der Waals surface area (Å²) in [5.74, 6) is 0.513. The van der Waals surface area contributed by atoms with Crippen LogP contribution in [0.1, 0.15) is 19.8 Å². The Hall–Kier alpha value is -2.15. The summed E-state index contributed by atoms with van der Waals surface area (Å²) in [5, 5.41) is 9.05. The number of aromatic nitrogens is 2. The maximum atomic E-state index is 12.2. The van der Waals surface area contributed by atoms with Gasteiger partial charge in [0.1, 0.15) is 6.73 Å². The second-order valence-electron chi connectivity index (χ2n) is 6.75. The zero-order chi connectivity index (χ0) is 19.9. The van der Waals surface area contributed by atoms with Crippen molar-refractivity contribution in [2.45, 2.75) is 39.1 Å². The Morgan fingerprint density at radius 2 is 2.07 bits per heavy atom. The molecule has 0 unspecified atom stereocenters. The summed E-state index contributed by atoms with van der Waals surface area (Å²) in [6.45, 7) is 5.32. The van der Waals surface area contributed by atoms with Gasteiger partial charge in [0.05, 0.1) is 10.5 Å². The highest BCUT2D eigenvalue weighted by Crippen LogP contribution is 2.35. The maximum Gasteiger partial charge on any atom is 0.225 e. The molecule has 0 radical (unpaired) electrons. The Bertz CT molecular complexity index is 944. The molecule has 0 aliphatic carbocycles. The van der Waals surface area contributed by atoms with Crippen molar-refractivity contribution < 1.29 is 9.53 Å². The molecule has 1 heterocycles. The number of carbonyl (C=O) groups is 1. The van der Waals surface area contributed by atoms with E-state index in [9.17, 15) is 4.79 Å². The Kier molecular flexibility index (Phi) is 7.25. The number of amides is 1. The molecule has 0 saturated carbocycles. The lowest BCUT2D eigenvalue weighted by molar-refractivity contribution is -0.116. The van der Waals surface area contributed by atoms with E-state index in [0.717, 1.165) is 41.1 Å². The van der Waals surface area contributed by atoms with Crippen LogP contribution in [0.25, 0.3) is 22.0 Å². The van der Waals surface area contributed by atoms with Crippen molar-refractivity contribution in [2.24, 2.45) is 0 Å². The molecule has 0 atom stereocenters. The van der Waals surface area contributed by atoms with Crippen LogP contribution in [0.5, 0.6) is 0 Å². The highest BCUT2D eigenvalue weighted by molar-refractivity contribution is 6.34. The Morgan fingerprint density at radius 1 is 1.29 bits per heavy atom. The number of nitrogens with one attached hydrogen (secondary N) is 1. The standard InChI is InChI=1S/C21H26ClN3O2Si/c1-3-7-20(26)23-21-17-12-16(15-8-5-4-6-9-15)18(22)13-19(17)25(24-21)14-27-10-11-28-2/h4-6,8-9,12-13H,3,7,10-11,14,28H2,1-2H3,(H,23,24,26). The van der Waals surface area contributed by atoms with Crippen LogP contribution in [0.2, 0.25) is 17.6 Å². The van der Waals surface area contributed by atoms with Crippen molar-refractivity contribution in [1.29, 1.82) is 0 Å². The molecule has 0 spiro atoms. The average molecular weight is 416 g/mol. The van der Waals surface area contributed by atoms with Crippen LogP contribution in [0.4, 0.5) is 5.82 Å². The lowest BCUT2D eigenvalue weighted by Crippen LogP contribution is -2.12. The summed E-state index contributed by atoms with van der Waals surface area (Å²) in [6, 6.07) is 15.0. The molecule has 2 aromatic carbocycles. The van der Waals surface area contributed by atoms with Crippen LogP contribution in [0, 0.1) is 0 Å². The monoisotopic (exact) mass is 415 g/mol. The molecule has 0 saturated heterocycles. The van der Waals surface area contributed by atoms with Gasteiger partial charge in [0.15, 0.2) is 5.82 Å². The molecule has 1 aromatic heterocycles. The largest absolute Gasteiger partial charge is 0.360 e. The molecule has 0 aliphatic rings. The zero-order valence-electron chi connectivity index (χ0n) is 16.4. The van der Waals surface area contributed by atoms with Crippen molar-refractivity contribution in [1.82, 2.24) is 9.78 Å². The fourth-order valence-corrected chi connectivity index (χ4v) is 3.80. The van der Waals surface area contributed by atoms with E-state index in [-0.39, 0.29) is 15.4 Å². The van der Waals surface area contributed by atoms with E-state index in [0.29, 0.717) is 24.0 Å². The number of ether oxygens (including phenoxy) is 1. The number of nitrogens with zero attached hydrogens (tertiary/aromatic N) is 2. The van der Waals surface area contributed by atoms with Gasteiger partial charge in [0.25, 0.3) is 0 Å². The number of benzene rings is 2. The first kappa shape index (κ1) is 20.6. The first-order chi connectivity index (χ1) is 13.6. The topological polar surface area (TPSA) is 56.2 Å². The molecule has 28 heavy (non-hydrogen) atoms. The number of halogens is 1. The molecule has 3 aromatic rings. The van der Waals surface area contributed by atoms with E-state index in [1.807, 2.05) is 49.4 Å². The number of fused-ring (bicyclic) bond motifs is 1. The van der Waals surface area contributed by atoms with E-state index in [4.69, 9.17) is 16.3 Å². The van der Waals surface area contributed by atoms with E-state index in [2.05, 4.69) is 17.0 Å². The van der Waals surface area contributed by atoms with Crippen molar-refractivity contribution >= 4 is 43.7 Å². The minimum Gasteiger partial charge on any atom is -0.360 e. The highest BCUT2D eigenvalue weighted by atomic mass is 35.5. The van der Waals surface area contributed by atoms with Crippen LogP contribution in [-0.4, -0.2) is 31.8 Å². The van der Waals surface area contributed by atoms with E-state index < -0.39 is 0 Å². The number of carbonyl (C=O) groups excluding carboxylic acids is 1. The highest BCUT2D eigenvalue weighted by Gasteiger charge is 2.16. The van der Waals surface area contributed by atoms with Gasteiger partial charge in [0, 0.05) is 33.5 Å². The summed E-state index contributed by atoms with van der Waals surface area (Å²) in [7, 11) is -0.0176. The van der Waals surface area contributed by atoms with Gasteiger partial charge >= 0.3 is 0 Å². The minimum atomic E-state index is -0.0387. The smallest absolute Gasteiger partial charge is 0.225 e. The predicted octanol–water partition coefficient (Wildman–Crippen LogP) is 4.70. The first-order valence-corrected chi connectivity index (χ1v) is 12.6. The summed E-state index contributed by atoms with van der Waals surface area (Å²) >= 11 is 6.59. The van der Waals surface area contributed by atoms with Gasteiger partial charge in [-0.3, -0.25) is 4.79 Å². The van der Waals surface area contributed by atoms with Crippen LogP contribution >= 0.6 is 11.6 Å². The second kappa shape index (κ2) is 9.86. The van der Waals surface area contributed by atoms with E-state index in [1.165, 1.54) is 0 Å². The fraction of sp³-hybridized carbons (Fsp3) is 0.333. The number of hydrogen-bond donors (Lipinski definition) is 1. The quantitative estimate of drug-likeness (QED) is 0.407. The summed E-state index contributed by atoms with van der Waals surface area (Å²) in [4.78, 5) is 12.2. The maximum absolute atomic E-state index is 12.2. The van der Waals surface area contributed by atoms with Gasteiger partial charge in [-0.25, -0.2) is 4.68 Å². The van der Waals surface area contributed by atoms with Crippen molar-refractivity contribution in [3.8, 4) is 11.1 Å². The van der Waals surface area contributed by atoms with Crippen LogP contribution in [0.15, 0.2) is 42.5 Å². The minimum absolute atomic E-state index is 0.0176. The van der Waals surface area contributed by atoms with Crippen LogP contribution < -0.4 is 5.32 Å². The summed E-state index contributed by atoms with van der Waals surface area (Å²) in [6.07, 6.45) is 1.25. The van der Waals surface area contributed by atoms with Crippen LogP contribution in [0.3, 0.4) is 0 Å². The zero-order valence-corrected chi connectivity index (χ0v) is 18.5. The first-order valence-electron chi connectivity index (χ1n) is 9.77. The third kappa shape index (κ3) is 4.81. The molecule has 148 valence electrons. The lowest BCUT2D eigenvalue weighted by atomic mass is 10.0. The summed E-state index contributed by atoms with van der Waals surface area (Å²) in [5.41, 5.74) is 2.79. The van der Waals surface area contributed by atoms with E-state index >= 15 is 0 Å². The number of anilines is 1. The third-order valence-corrected chi connectivity index (χ3v) is 5.82. The Morgan fingerprint density at radius 3 is 2.79 bits per heavy atom. The molecule has 5 nitrogen and oxygen atoms in total. The molecular weight excluding hydrogens is 390 g/mol. The lowest BCUT2D eigenvalue weighted by Gasteiger charge is -2.08. The van der Waals surface area contributed by atoms with Gasteiger partial charge in [0.2, 0.25) is 5.91 Å². The second-order valence-corrected chi connectivity index (χ2v) is 8.87. The molecule has 0 aliphatic heterocycles. The average Bonchev–Trinajstić information content (AvgIpc) is 3.01. The van der Waals surface area contributed by atoms with Crippen molar-refractivity contribution in [2.75, 3.05) is 11.9 Å². The van der Waals surface area contributed by atoms with Crippen LogP contribution in [-0.2, 0) is 16.3 Å². The normalized spacial score (nSPS) is 11.5. The van der Waals surface area contributed by atoms with Gasteiger partial charge in [-0.15, -0.1) is 0 Å². The molecule has 0 bridgehead atoms. The SMILES string of the molecule is CCCC(=O)Nc1nn(COCC[SiH2]C)c2cc(Cl)c(-c3ccccc3)cc12. The Balaban J connectivity index is 2.01. The van der Waals surface area contributed by atoms with Gasteiger partial charge in [-0.1, -0.05) is 55.4 Å². The Labute approximate surface area is 172 Å². The summed E-state index contributed by atoms with van der Waals surface area (Å²) < 4.78 is 7.54. The third-order valence-electron chi connectivity index (χ3n) is 4.51. The molecular formula is C21H26ClN3O2Si. The predicted molar refractivity (Wildman–Crippen MR) is 119 cm³/mol. The molecule has 7 heteroatoms.